The van der Waals surface area contributed by atoms with Gasteiger partial charge in [0.15, 0.2) is 11.2 Å². The summed E-state index contributed by atoms with van der Waals surface area (Å²) in [6, 6.07) is 21.8. The number of hydrogen-bond donors (Lipinski definition) is 0. The molecule has 0 unspecified atom stereocenters. The van der Waals surface area contributed by atoms with Crippen LogP contribution in [-0.4, -0.2) is 18.7 Å². The van der Waals surface area contributed by atoms with Crippen LogP contribution in [0.5, 0.6) is 0 Å². The van der Waals surface area contributed by atoms with Gasteiger partial charge in [-0.1, -0.05) is 60.7 Å². The maximum absolute atomic E-state index is 13.4. The smallest absolute Gasteiger partial charge is 0.320 e. The van der Waals surface area contributed by atoms with Crippen LogP contribution in [0.2, 0.25) is 0 Å². The van der Waals surface area contributed by atoms with Crippen molar-refractivity contribution in [3.63, 3.8) is 0 Å². The fraction of sp³-hybridized carbons (Fsp3) is 0.160. The molecule has 3 aromatic carbocycles. The molecule has 0 radical (unpaired) electrons. The van der Waals surface area contributed by atoms with Gasteiger partial charge in [0.2, 0.25) is 0 Å². The van der Waals surface area contributed by atoms with E-state index in [1.54, 1.807) is 10.9 Å². The minimum atomic E-state index is -0.377. The molecule has 6 nitrogen and oxygen atoms in total. The molecular formula is C25H22N4O2. The van der Waals surface area contributed by atoms with E-state index in [2.05, 4.69) is 4.98 Å². The molecule has 0 atom stereocenters. The Balaban J connectivity index is 1.84. The summed E-state index contributed by atoms with van der Waals surface area (Å²) in [6.07, 6.45) is 1.65. The van der Waals surface area contributed by atoms with Crippen molar-refractivity contribution in [1.82, 2.24) is 18.7 Å². The largest absolute Gasteiger partial charge is 0.337 e. The van der Waals surface area contributed by atoms with Crippen LogP contribution in [-0.2, 0) is 13.1 Å². The zero-order valence-electron chi connectivity index (χ0n) is 17.4. The highest BCUT2D eigenvalue weighted by Crippen LogP contribution is 2.23. The van der Waals surface area contributed by atoms with E-state index in [-0.39, 0.29) is 17.8 Å². The predicted molar refractivity (Wildman–Crippen MR) is 123 cm³/mol. The number of imidazole rings is 1. The molecular weight excluding hydrogens is 388 g/mol. The third-order valence-corrected chi connectivity index (χ3v) is 5.83. The fourth-order valence-corrected chi connectivity index (χ4v) is 4.17. The van der Waals surface area contributed by atoms with Gasteiger partial charge in [-0.15, -0.1) is 0 Å². The Kier molecular flexibility index (Phi) is 4.55. The van der Waals surface area contributed by atoms with E-state index in [0.717, 1.165) is 27.6 Å². The maximum atomic E-state index is 13.4. The van der Waals surface area contributed by atoms with E-state index in [9.17, 15) is 9.59 Å². The SMILES string of the molecule is CCn1c(=O)c2c(ncn2Cc2ccccc2C)n(-c2cccc3ccccc23)c1=O. The number of aromatic nitrogens is 4. The predicted octanol–water partition coefficient (Wildman–Crippen LogP) is 3.88. The summed E-state index contributed by atoms with van der Waals surface area (Å²) in [5, 5.41) is 1.96. The van der Waals surface area contributed by atoms with Crippen molar-refractivity contribution < 1.29 is 0 Å². The average molecular weight is 410 g/mol. The topological polar surface area (TPSA) is 61.8 Å². The highest BCUT2D eigenvalue weighted by Gasteiger charge is 2.20. The molecule has 0 amide bonds. The molecule has 0 saturated heterocycles. The Hall–Kier alpha value is -3.93. The quantitative estimate of drug-likeness (QED) is 0.452. The van der Waals surface area contributed by atoms with Crippen molar-refractivity contribution in [3.8, 4) is 5.69 Å². The highest BCUT2D eigenvalue weighted by molar-refractivity contribution is 5.91. The van der Waals surface area contributed by atoms with Crippen LogP contribution in [0, 0.1) is 6.92 Å². The lowest BCUT2D eigenvalue weighted by Crippen LogP contribution is -2.39. The van der Waals surface area contributed by atoms with Crippen molar-refractivity contribution in [1.29, 1.82) is 0 Å². The number of fused-ring (bicyclic) bond motifs is 2. The van der Waals surface area contributed by atoms with Crippen molar-refractivity contribution >= 4 is 21.9 Å². The molecule has 0 aliphatic heterocycles. The molecule has 5 aromatic rings. The minimum absolute atomic E-state index is 0.286. The Morgan fingerprint density at radius 1 is 0.903 bits per heavy atom. The number of nitrogens with zero attached hydrogens (tertiary/aromatic N) is 4. The van der Waals surface area contributed by atoms with Crippen LogP contribution in [0.4, 0.5) is 0 Å². The maximum Gasteiger partial charge on any atom is 0.337 e. The molecule has 0 saturated carbocycles. The zero-order valence-corrected chi connectivity index (χ0v) is 17.4. The van der Waals surface area contributed by atoms with Gasteiger partial charge in [-0.3, -0.25) is 9.36 Å². The van der Waals surface area contributed by atoms with Gasteiger partial charge in [0.05, 0.1) is 12.0 Å². The molecule has 0 aliphatic rings. The van der Waals surface area contributed by atoms with E-state index in [4.69, 9.17) is 0 Å². The molecule has 5 rings (SSSR count). The van der Waals surface area contributed by atoms with Crippen LogP contribution in [0.1, 0.15) is 18.1 Å². The first-order valence-corrected chi connectivity index (χ1v) is 10.3. The van der Waals surface area contributed by atoms with Crippen molar-refractivity contribution in [2.75, 3.05) is 0 Å². The van der Waals surface area contributed by atoms with Gasteiger partial charge in [0, 0.05) is 18.5 Å². The Morgan fingerprint density at radius 3 is 2.45 bits per heavy atom. The van der Waals surface area contributed by atoms with Gasteiger partial charge in [-0.25, -0.2) is 14.3 Å². The molecule has 154 valence electrons. The van der Waals surface area contributed by atoms with Crippen LogP contribution in [0.15, 0.2) is 82.6 Å². The molecule has 2 aromatic heterocycles. The van der Waals surface area contributed by atoms with Crippen molar-refractivity contribution in [3.05, 3.63) is 105 Å². The molecule has 2 heterocycles. The second kappa shape index (κ2) is 7.40. The summed E-state index contributed by atoms with van der Waals surface area (Å²) < 4.78 is 4.68. The monoisotopic (exact) mass is 410 g/mol. The van der Waals surface area contributed by atoms with Gasteiger partial charge in [0.25, 0.3) is 5.56 Å². The van der Waals surface area contributed by atoms with Crippen LogP contribution in [0.3, 0.4) is 0 Å². The first kappa shape index (κ1) is 19.1. The van der Waals surface area contributed by atoms with Crippen LogP contribution in [0.25, 0.3) is 27.6 Å². The summed E-state index contributed by atoms with van der Waals surface area (Å²) in [4.78, 5) is 31.2. The third-order valence-electron chi connectivity index (χ3n) is 5.83. The van der Waals surface area contributed by atoms with E-state index in [1.165, 1.54) is 4.57 Å². The molecule has 0 fully saturated rings. The third kappa shape index (κ3) is 2.99. The number of aryl methyl sites for hydroxylation is 1. The molecule has 0 N–H and O–H groups in total. The standard InChI is InChI=1S/C25H22N4O2/c1-3-28-24(30)22-23(26-16-27(22)15-19-11-5-4-9-17(19)2)29(25(28)31)21-14-8-12-18-10-6-7-13-20(18)21/h4-14,16H,3,15H2,1-2H3. The van der Waals surface area contributed by atoms with Gasteiger partial charge in [0.1, 0.15) is 0 Å². The van der Waals surface area contributed by atoms with Crippen molar-refractivity contribution in [2.24, 2.45) is 0 Å². The number of hydrogen-bond acceptors (Lipinski definition) is 3. The second-order valence-electron chi connectivity index (χ2n) is 7.64. The molecule has 0 spiro atoms. The summed E-state index contributed by atoms with van der Waals surface area (Å²) in [6.45, 7) is 4.65. The Labute approximate surface area is 178 Å². The number of benzene rings is 3. The molecule has 6 heteroatoms. The summed E-state index contributed by atoms with van der Waals surface area (Å²) >= 11 is 0. The number of rotatable bonds is 4. The first-order chi connectivity index (χ1) is 15.1. The van der Waals surface area contributed by atoms with Crippen LogP contribution >= 0.6 is 0 Å². The summed E-state index contributed by atoms with van der Waals surface area (Å²) in [5.74, 6) is 0. The summed E-state index contributed by atoms with van der Waals surface area (Å²) in [5.41, 5.74) is 3.08. The molecule has 0 bridgehead atoms. The lowest BCUT2D eigenvalue weighted by Gasteiger charge is -2.14. The molecule has 0 aliphatic carbocycles. The van der Waals surface area contributed by atoms with Gasteiger partial charge in [-0.05, 0) is 36.4 Å². The second-order valence-corrected chi connectivity index (χ2v) is 7.64. The fourth-order valence-electron chi connectivity index (χ4n) is 4.17. The normalized spacial score (nSPS) is 11.4. The Morgan fingerprint density at radius 2 is 1.65 bits per heavy atom. The van der Waals surface area contributed by atoms with E-state index < -0.39 is 0 Å². The van der Waals surface area contributed by atoms with Gasteiger partial charge < -0.3 is 4.57 Å². The minimum Gasteiger partial charge on any atom is -0.320 e. The highest BCUT2D eigenvalue weighted by atomic mass is 16.2. The lowest BCUT2D eigenvalue weighted by atomic mass is 10.1. The van der Waals surface area contributed by atoms with Crippen LogP contribution < -0.4 is 11.2 Å². The lowest BCUT2D eigenvalue weighted by molar-refractivity contribution is 0.655. The summed E-state index contributed by atoms with van der Waals surface area (Å²) in [7, 11) is 0. The molecule has 31 heavy (non-hydrogen) atoms. The Bertz CT molecular complexity index is 1550. The van der Waals surface area contributed by atoms with Gasteiger partial charge >= 0.3 is 5.69 Å². The van der Waals surface area contributed by atoms with Crippen molar-refractivity contribution in [2.45, 2.75) is 26.9 Å². The average Bonchev–Trinajstić information content (AvgIpc) is 3.19. The first-order valence-electron chi connectivity index (χ1n) is 10.3. The van der Waals surface area contributed by atoms with Gasteiger partial charge in [-0.2, -0.15) is 0 Å². The van der Waals surface area contributed by atoms with E-state index in [0.29, 0.717) is 17.7 Å². The zero-order chi connectivity index (χ0) is 21.5. The van der Waals surface area contributed by atoms with E-state index >= 15 is 0 Å². The van der Waals surface area contributed by atoms with E-state index in [1.807, 2.05) is 85.1 Å².